The second-order valence-electron chi connectivity index (χ2n) is 3.53. The Morgan fingerprint density at radius 1 is 1.31 bits per heavy atom. The van der Waals surface area contributed by atoms with Gasteiger partial charge in [-0.1, -0.05) is 17.7 Å². The summed E-state index contributed by atoms with van der Waals surface area (Å²) in [5, 5.41) is 0.813. The number of fused-ring (bicyclic) bond motifs is 1. The molecule has 1 aliphatic rings. The zero-order valence-corrected chi connectivity index (χ0v) is 8.32. The Hall–Kier alpha value is -0.820. The van der Waals surface area contributed by atoms with Gasteiger partial charge in [0.1, 0.15) is 5.78 Å². The molecule has 0 amide bonds. The van der Waals surface area contributed by atoms with Gasteiger partial charge < -0.3 is 0 Å². The Morgan fingerprint density at radius 2 is 2.08 bits per heavy atom. The van der Waals surface area contributed by atoms with Crippen LogP contribution in [0.1, 0.15) is 23.1 Å². The van der Waals surface area contributed by atoms with Crippen molar-refractivity contribution in [2.24, 2.45) is 0 Å². The molecular weight excluding hydrogens is 184 g/mol. The van der Waals surface area contributed by atoms with Crippen LogP contribution in [0.4, 0.5) is 0 Å². The highest BCUT2D eigenvalue weighted by atomic mass is 35.5. The van der Waals surface area contributed by atoms with Gasteiger partial charge in [0.05, 0.1) is 0 Å². The highest BCUT2D eigenvalue weighted by molar-refractivity contribution is 6.31. The van der Waals surface area contributed by atoms with Crippen LogP contribution in [-0.4, -0.2) is 5.78 Å². The van der Waals surface area contributed by atoms with Gasteiger partial charge in [0.25, 0.3) is 0 Å². The normalized spacial score (nSPS) is 15.7. The van der Waals surface area contributed by atoms with Crippen LogP contribution in [0.15, 0.2) is 12.1 Å². The monoisotopic (exact) mass is 194 g/mol. The molecule has 0 fully saturated rings. The number of hydrogen-bond acceptors (Lipinski definition) is 1. The molecular formula is C11H11ClO. The maximum atomic E-state index is 11.2. The molecule has 0 spiro atoms. The van der Waals surface area contributed by atoms with E-state index < -0.39 is 0 Å². The summed E-state index contributed by atoms with van der Waals surface area (Å²) >= 11 is 6.00. The minimum absolute atomic E-state index is 0.342. The quantitative estimate of drug-likeness (QED) is 0.621. The molecule has 0 aliphatic heterocycles. The number of rotatable bonds is 0. The van der Waals surface area contributed by atoms with Crippen molar-refractivity contribution in [2.45, 2.75) is 26.2 Å². The van der Waals surface area contributed by atoms with Crippen LogP contribution in [0, 0.1) is 6.92 Å². The number of Topliss-reactive ketones (excluding diaryl/α,β-unsaturated/α-hetero) is 1. The maximum Gasteiger partial charge on any atom is 0.137 e. The summed E-state index contributed by atoms with van der Waals surface area (Å²) < 4.78 is 0. The maximum absolute atomic E-state index is 11.2. The summed E-state index contributed by atoms with van der Waals surface area (Å²) in [7, 11) is 0. The molecule has 13 heavy (non-hydrogen) atoms. The average molecular weight is 195 g/mol. The van der Waals surface area contributed by atoms with Gasteiger partial charge in [0.2, 0.25) is 0 Å². The smallest absolute Gasteiger partial charge is 0.137 e. The Labute approximate surface area is 82.7 Å². The van der Waals surface area contributed by atoms with E-state index >= 15 is 0 Å². The van der Waals surface area contributed by atoms with Crippen molar-refractivity contribution in [1.82, 2.24) is 0 Å². The van der Waals surface area contributed by atoms with E-state index in [0.29, 0.717) is 18.6 Å². The molecule has 0 heterocycles. The van der Waals surface area contributed by atoms with Crippen LogP contribution < -0.4 is 0 Å². The first-order chi connectivity index (χ1) is 6.18. The SMILES string of the molecule is Cc1c(Cl)ccc2c1CCC(=O)C2. The van der Waals surface area contributed by atoms with Crippen molar-refractivity contribution < 1.29 is 4.79 Å². The van der Waals surface area contributed by atoms with Crippen LogP contribution in [0.5, 0.6) is 0 Å². The van der Waals surface area contributed by atoms with Gasteiger partial charge in [0, 0.05) is 17.9 Å². The standard InChI is InChI=1S/C11H11ClO/c1-7-10-4-3-9(13)6-8(10)2-5-11(7)12/h2,5H,3-4,6H2,1H3. The summed E-state index contributed by atoms with van der Waals surface area (Å²) in [6, 6.07) is 3.86. The summed E-state index contributed by atoms with van der Waals surface area (Å²) in [5.41, 5.74) is 3.59. The first-order valence-electron chi connectivity index (χ1n) is 4.47. The van der Waals surface area contributed by atoms with E-state index in [2.05, 4.69) is 0 Å². The molecule has 1 nitrogen and oxygen atoms in total. The van der Waals surface area contributed by atoms with Crippen LogP contribution in [-0.2, 0) is 17.6 Å². The van der Waals surface area contributed by atoms with Gasteiger partial charge in [-0.3, -0.25) is 4.79 Å². The number of benzene rings is 1. The molecule has 1 aromatic rings. The third-order valence-electron chi connectivity index (χ3n) is 2.67. The highest BCUT2D eigenvalue weighted by Crippen LogP contribution is 2.27. The number of ketones is 1. The fourth-order valence-electron chi connectivity index (χ4n) is 1.86. The molecule has 0 bridgehead atoms. The Bertz CT molecular complexity index is 369. The lowest BCUT2D eigenvalue weighted by Crippen LogP contribution is -2.14. The van der Waals surface area contributed by atoms with Crippen LogP contribution in [0.2, 0.25) is 5.02 Å². The third kappa shape index (κ3) is 1.49. The molecule has 1 aromatic carbocycles. The topological polar surface area (TPSA) is 17.1 Å². The van der Waals surface area contributed by atoms with Gasteiger partial charge in [-0.15, -0.1) is 0 Å². The van der Waals surface area contributed by atoms with Crippen molar-refractivity contribution in [1.29, 1.82) is 0 Å². The summed E-state index contributed by atoms with van der Waals surface area (Å²) in [5.74, 6) is 0.342. The Balaban J connectivity index is 2.53. The van der Waals surface area contributed by atoms with E-state index in [0.717, 1.165) is 22.6 Å². The van der Waals surface area contributed by atoms with Crippen LogP contribution in [0.3, 0.4) is 0 Å². The van der Waals surface area contributed by atoms with Crippen molar-refractivity contribution in [2.75, 3.05) is 0 Å². The van der Waals surface area contributed by atoms with Gasteiger partial charge in [-0.2, -0.15) is 0 Å². The van der Waals surface area contributed by atoms with E-state index in [9.17, 15) is 4.79 Å². The molecule has 2 heteroatoms. The van der Waals surface area contributed by atoms with E-state index in [1.165, 1.54) is 5.56 Å². The molecule has 0 radical (unpaired) electrons. The minimum atomic E-state index is 0.342. The highest BCUT2D eigenvalue weighted by Gasteiger charge is 2.17. The second-order valence-corrected chi connectivity index (χ2v) is 3.93. The summed E-state index contributed by atoms with van der Waals surface area (Å²) in [6.45, 7) is 2.02. The van der Waals surface area contributed by atoms with E-state index in [4.69, 9.17) is 11.6 Å². The largest absolute Gasteiger partial charge is 0.299 e. The lowest BCUT2D eigenvalue weighted by Gasteiger charge is -2.17. The predicted molar refractivity (Wildman–Crippen MR) is 53.2 cm³/mol. The molecule has 1 aliphatic carbocycles. The second kappa shape index (κ2) is 3.15. The molecule has 0 aromatic heterocycles. The zero-order valence-electron chi connectivity index (χ0n) is 7.56. The zero-order chi connectivity index (χ0) is 9.42. The van der Waals surface area contributed by atoms with Crippen molar-refractivity contribution in [3.05, 3.63) is 33.8 Å². The molecule has 0 saturated carbocycles. The summed E-state index contributed by atoms with van der Waals surface area (Å²) in [4.78, 5) is 11.2. The van der Waals surface area contributed by atoms with Crippen LogP contribution >= 0.6 is 11.6 Å². The first kappa shape index (κ1) is 8.76. The lowest BCUT2D eigenvalue weighted by atomic mass is 9.88. The van der Waals surface area contributed by atoms with Crippen LogP contribution in [0.25, 0.3) is 0 Å². The molecule has 0 unspecified atom stereocenters. The van der Waals surface area contributed by atoms with Crippen molar-refractivity contribution in [3.8, 4) is 0 Å². The fraction of sp³-hybridized carbons (Fsp3) is 0.364. The van der Waals surface area contributed by atoms with Crippen molar-refractivity contribution >= 4 is 17.4 Å². The lowest BCUT2D eigenvalue weighted by molar-refractivity contribution is -0.118. The number of halogens is 1. The minimum Gasteiger partial charge on any atom is -0.299 e. The van der Waals surface area contributed by atoms with E-state index in [-0.39, 0.29) is 0 Å². The molecule has 0 atom stereocenters. The van der Waals surface area contributed by atoms with Gasteiger partial charge in [-0.05, 0) is 36.1 Å². The van der Waals surface area contributed by atoms with Gasteiger partial charge >= 0.3 is 0 Å². The third-order valence-corrected chi connectivity index (χ3v) is 3.08. The molecule has 2 rings (SSSR count). The fourth-order valence-corrected chi connectivity index (χ4v) is 2.04. The predicted octanol–water partition coefficient (Wildman–Crippen LogP) is 2.71. The number of carbonyl (C=O) groups excluding carboxylic acids is 1. The molecule has 0 saturated heterocycles. The number of hydrogen-bond donors (Lipinski definition) is 0. The molecule has 68 valence electrons. The first-order valence-corrected chi connectivity index (χ1v) is 4.85. The van der Waals surface area contributed by atoms with Gasteiger partial charge in [0.15, 0.2) is 0 Å². The molecule has 0 N–H and O–H groups in total. The average Bonchev–Trinajstić information content (AvgIpc) is 2.12. The van der Waals surface area contributed by atoms with Crippen molar-refractivity contribution in [3.63, 3.8) is 0 Å². The number of carbonyl (C=O) groups is 1. The Kier molecular flexibility index (Phi) is 2.12. The summed E-state index contributed by atoms with van der Waals surface area (Å²) in [6.07, 6.45) is 2.13. The van der Waals surface area contributed by atoms with E-state index in [1.54, 1.807) is 0 Å². The van der Waals surface area contributed by atoms with E-state index in [1.807, 2.05) is 19.1 Å². The van der Waals surface area contributed by atoms with Gasteiger partial charge in [-0.25, -0.2) is 0 Å². The Morgan fingerprint density at radius 3 is 2.85 bits per heavy atom.